The highest BCUT2D eigenvalue weighted by Crippen LogP contribution is 2.30. The Kier molecular flexibility index (Phi) is 4.91. The van der Waals surface area contributed by atoms with E-state index in [0.29, 0.717) is 24.3 Å². The maximum atomic E-state index is 14.3. The number of para-hydroxylation sites is 1. The van der Waals surface area contributed by atoms with Crippen LogP contribution in [0.25, 0.3) is 0 Å². The van der Waals surface area contributed by atoms with E-state index in [2.05, 4.69) is 4.98 Å². The molecule has 1 aromatic carbocycles. The largest absolute Gasteiger partial charge is 0.389 e. The minimum atomic E-state index is -0.713. The van der Waals surface area contributed by atoms with Crippen LogP contribution in [0.2, 0.25) is 0 Å². The molecule has 1 unspecified atom stereocenters. The topological polar surface area (TPSA) is 36.4 Å². The molecule has 0 fully saturated rings. The van der Waals surface area contributed by atoms with Crippen molar-refractivity contribution in [2.75, 3.05) is 11.4 Å². The third-order valence-electron chi connectivity index (χ3n) is 3.46. The third kappa shape index (κ3) is 3.58. The second-order valence-corrected chi connectivity index (χ2v) is 5.14. The van der Waals surface area contributed by atoms with Gasteiger partial charge in [0, 0.05) is 17.8 Å². The van der Waals surface area contributed by atoms with Crippen LogP contribution in [0, 0.1) is 12.7 Å². The smallest absolute Gasteiger partial charge is 0.146 e. The molecule has 0 bridgehead atoms. The average Bonchev–Trinajstić information content (AvgIpc) is 2.45. The van der Waals surface area contributed by atoms with Crippen LogP contribution in [-0.2, 0) is 6.54 Å². The molecule has 1 N–H and O–H groups in total. The predicted octanol–water partition coefficient (Wildman–Crippen LogP) is 3.61. The fourth-order valence-corrected chi connectivity index (χ4v) is 2.43. The van der Waals surface area contributed by atoms with Gasteiger partial charge in [0.25, 0.3) is 0 Å². The summed E-state index contributed by atoms with van der Waals surface area (Å²) in [6, 6.07) is 10.6. The Morgan fingerprint density at radius 2 is 1.95 bits per heavy atom. The molecular weight excluding hydrogens is 267 g/mol. The lowest BCUT2D eigenvalue weighted by Gasteiger charge is -2.27. The summed E-state index contributed by atoms with van der Waals surface area (Å²) in [6.07, 6.45) is -0.713. The van der Waals surface area contributed by atoms with Crippen molar-refractivity contribution in [3.8, 4) is 0 Å². The van der Waals surface area contributed by atoms with Crippen LogP contribution in [0.1, 0.15) is 36.9 Å². The summed E-state index contributed by atoms with van der Waals surface area (Å²) < 4.78 is 14.3. The quantitative estimate of drug-likeness (QED) is 0.913. The van der Waals surface area contributed by atoms with Crippen molar-refractivity contribution < 1.29 is 9.50 Å². The first-order valence-corrected chi connectivity index (χ1v) is 7.17. The van der Waals surface area contributed by atoms with Gasteiger partial charge in [0.15, 0.2) is 0 Å². The number of benzene rings is 1. The van der Waals surface area contributed by atoms with Gasteiger partial charge in [-0.15, -0.1) is 0 Å². The van der Waals surface area contributed by atoms with E-state index >= 15 is 0 Å². The molecular formula is C17H21FN2O. The summed E-state index contributed by atoms with van der Waals surface area (Å²) in [6.45, 7) is 6.70. The summed E-state index contributed by atoms with van der Waals surface area (Å²) in [5, 5.41) is 9.87. The van der Waals surface area contributed by atoms with E-state index in [-0.39, 0.29) is 5.82 Å². The number of hydrogen-bond acceptors (Lipinski definition) is 3. The van der Waals surface area contributed by atoms with Crippen LogP contribution in [0.3, 0.4) is 0 Å². The number of aromatic nitrogens is 1. The van der Waals surface area contributed by atoms with E-state index < -0.39 is 6.10 Å². The van der Waals surface area contributed by atoms with Gasteiger partial charge in [0.2, 0.25) is 0 Å². The Labute approximate surface area is 125 Å². The lowest BCUT2D eigenvalue weighted by Crippen LogP contribution is -2.25. The van der Waals surface area contributed by atoms with Crippen LogP contribution < -0.4 is 4.90 Å². The number of halogens is 1. The van der Waals surface area contributed by atoms with Gasteiger partial charge in [0.1, 0.15) is 5.82 Å². The molecule has 0 saturated carbocycles. The average molecular weight is 288 g/mol. The first-order valence-electron chi connectivity index (χ1n) is 7.17. The van der Waals surface area contributed by atoms with E-state index in [1.165, 1.54) is 6.07 Å². The summed E-state index contributed by atoms with van der Waals surface area (Å²) in [5.74, 6) is -0.317. The zero-order valence-electron chi connectivity index (χ0n) is 12.7. The van der Waals surface area contributed by atoms with Gasteiger partial charge in [-0.25, -0.2) is 4.39 Å². The Hall–Kier alpha value is -1.94. The second-order valence-electron chi connectivity index (χ2n) is 5.14. The number of rotatable bonds is 5. The number of hydrogen-bond donors (Lipinski definition) is 1. The second kappa shape index (κ2) is 6.68. The number of anilines is 1. The highest BCUT2D eigenvalue weighted by molar-refractivity contribution is 5.56. The fraction of sp³-hybridized carbons (Fsp3) is 0.353. The lowest BCUT2D eigenvalue weighted by atomic mass is 10.1. The van der Waals surface area contributed by atoms with Crippen molar-refractivity contribution in [2.24, 2.45) is 0 Å². The molecule has 1 aromatic heterocycles. The number of aliphatic hydroxyl groups is 1. The fourth-order valence-electron chi connectivity index (χ4n) is 2.43. The van der Waals surface area contributed by atoms with E-state index in [1.807, 2.05) is 36.9 Å². The van der Waals surface area contributed by atoms with E-state index in [4.69, 9.17) is 0 Å². The van der Waals surface area contributed by atoms with Crippen molar-refractivity contribution in [3.63, 3.8) is 0 Å². The monoisotopic (exact) mass is 288 g/mol. The van der Waals surface area contributed by atoms with Gasteiger partial charge < -0.3 is 10.0 Å². The molecule has 2 rings (SSSR count). The molecule has 0 saturated heterocycles. The van der Waals surface area contributed by atoms with Gasteiger partial charge in [0.05, 0.1) is 24.0 Å². The first-order chi connectivity index (χ1) is 10.0. The molecule has 112 valence electrons. The molecule has 0 aliphatic rings. The lowest BCUT2D eigenvalue weighted by molar-refractivity contribution is 0.199. The number of aryl methyl sites for hydroxylation is 1. The minimum Gasteiger partial charge on any atom is -0.389 e. The molecule has 0 aliphatic carbocycles. The van der Waals surface area contributed by atoms with E-state index in [9.17, 15) is 9.50 Å². The Morgan fingerprint density at radius 1 is 1.24 bits per heavy atom. The summed E-state index contributed by atoms with van der Waals surface area (Å²) in [5.41, 5.74) is 2.88. The highest BCUT2D eigenvalue weighted by Gasteiger charge is 2.18. The van der Waals surface area contributed by atoms with Gasteiger partial charge in [-0.1, -0.05) is 18.2 Å². The standard InChI is InChI=1S/C17H21FN2O/c1-4-20(11-14-8-5-7-12(2)19-14)17-15(13(3)21)9-6-10-16(17)18/h5-10,13,21H,4,11H2,1-3H3. The molecule has 0 amide bonds. The van der Waals surface area contributed by atoms with Gasteiger partial charge in [-0.3, -0.25) is 4.98 Å². The van der Waals surface area contributed by atoms with Gasteiger partial charge >= 0.3 is 0 Å². The Bertz CT molecular complexity index is 613. The Morgan fingerprint density at radius 3 is 2.57 bits per heavy atom. The van der Waals surface area contributed by atoms with Crippen LogP contribution in [0.15, 0.2) is 36.4 Å². The van der Waals surface area contributed by atoms with Crippen LogP contribution in [-0.4, -0.2) is 16.6 Å². The SMILES string of the molecule is CCN(Cc1cccc(C)n1)c1c(F)cccc1C(C)O. The summed E-state index contributed by atoms with van der Waals surface area (Å²) >= 11 is 0. The molecule has 1 atom stereocenters. The maximum absolute atomic E-state index is 14.3. The highest BCUT2D eigenvalue weighted by atomic mass is 19.1. The molecule has 4 heteroatoms. The van der Waals surface area contributed by atoms with Crippen molar-refractivity contribution >= 4 is 5.69 Å². The van der Waals surface area contributed by atoms with Crippen molar-refractivity contribution in [1.29, 1.82) is 0 Å². The van der Waals surface area contributed by atoms with Crippen molar-refractivity contribution in [1.82, 2.24) is 4.98 Å². The molecule has 3 nitrogen and oxygen atoms in total. The molecule has 0 radical (unpaired) electrons. The normalized spacial score (nSPS) is 12.2. The molecule has 2 aromatic rings. The third-order valence-corrected chi connectivity index (χ3v) is 3.46. The number of nitrogens with zero attached hydrogens (tertiary/aromatic N) is 2. The predicted molar refractivity (Wildman–Crippen MR) is 82.7 cm³/mol. The van der Waals surface area contributed by atoms with Crippen LogP contribution in [0.5, 0.6) is 0 Å². The van der Waals surface area contributed by atoms with Gasteiger partial charge in [-0.05, 0) is 39.0 Å². The van der Waals surface area contributed by atoms with E-state index in [1.54, 1.807) is 19.1 Å². The number of aliphatic hydroxyl groups excluding tert-OH is 1. The molecule has 0 aliphatic heterocycles. The molecule has 1 heterocycles. The summed E-state index contributed by atoms with van der Waals surface area (Å²) in [4.78, 5) is 6.37. The maximum Gasteiger partial charge on any atom is 0.146 e. The number of pyridine rings is 1. The molecule has 21 heavy (non-hydrogen) atoms. The zero-order valence-corrected chi connectivity index (χ0v) is 12.7. The van der Waals surface area contributed by atoms with E-state index in [0.717, 1.165) is 11.4 Å². The van der Waals surface area contributed by atoms with Gasteiger partial charge in [-0.2, -0.15) is 0 Å². The summed E-state index contributed by atoms with van der Waals surface area (Å²) in [7, 11) is 0. The minimum absolute atomic E-state index is 0.317. The van der Waals surface area contributed by atoms with Crippen LogP contribution in [0.4, 0.5) is 10.1 Å². The van der Waals surface area contributed by atoms with Crippen molar-refractivity contribution in [3.05, 3.63) is 59.2 Å². The Balaban J connectivity index is 2.38. The van der Waals surface area contributed by atoms with Crippen LogP contribution >= 0.6 is 0 Å². The molecule has 0 spiro atoms. The zero-order chi connectivity index (χ0) is 15.4. The first kappa shape index (κ1) is 15.4. The van der Waals surface area contributed by atoms with Crippen molar-refractivity contribution in [2.45, 2.75) is 33.4 Å².